The summed E-state index contributed by atoms with van der Waals surface area (Å²) >= 11 is 5.66. The van der Waals surface area contributed by atoms with E-state index in [4.69, 9.17) is 16.0 Å². The molecular weight excluding hydrogens is 152 g/mol. The van der Waals surface area contributed by atoms with Crippen molar-refractivity contribution in [2.45, 2.75) is 0 Å². The number of pyridine rings is 1. The van der Waals surface area contributed by atoms with Crippen LogP contribution in [0, 0.1) is 0 Å². The standard InChI is InChI=1S/C6H3ClN2O/c7-6-5-4(1-2-8-6)10-3-9-5/h1-3H. The highest BCUT2D eigenvalue weighted by Crippen LogP contribution is 2.17. The quantitative estimate of drug-likeness (QED) is 0.544. The number of nitrogens with zero attached hydrogens (tertiary/aromatic N) is 2. The van der Waals surface area contributed by atoms with Crippen LogP contribution in [-0.2, 0) is 0 Å². The van der Waals surface area contributed by atoms with Gasteiger partial charge in [-0.2, -0.15) is 0 Å². The molecule has 0 amide bonds. The second-order valence-electron chi connectivity index (χ2n) is 1.80. The maximum absolute atomic E-state index is 5.66. The average Bonchev–Trinajstić information content (AvgIpc) is 2.36. The molecule has 10 heavy (non-hydrogen) atoms. The predicted molar refractivity (Wildman–Crippen MR) is 36.8 cm³/mol. The third kappa shape index (κ3) is 0.675. The van der Waals surface area contributed by atoms with Gasteiger partial charge in [0.1, 0.15) is 5.52 Å². The highest BCUT2D eigenvalue weighted by Gasteiger charge is 2.01. The Kier molecular flexibility index (Phi) is 1.11. The molecule has 2 aromatic rings. The second-order valence-corrected chi connectivity index (χ2v) is 2.16. The predicted octanol–water partition coefficient (Wildman–Crippen LogP) is 1.88. The third-order valence-electron chi connectivity index (χ3n) is 1.20. The van der Waals surface area contributed by atoms with E-state index in [0.717, 1.165) is 0 Å². The van der Waals surface area contributed by atoms with Gasteiger partial charge in [0.2, 0.25) is 0 Å². The molecule has 0 aliphatic rings. The zero-order valence-electron chi connectivity index (χ0n) is 4.91. The summed E-state index contributed by atoms with van der Waals surface area (Å²) in [6.07, 6.45) is 2.92. The van der Waals surface area contributed by atoms with E-state index < -0.39 is 0 Å². The van der Waals surface area contributed by atoms with Crippen molar-refractivity contribution in [1.29, 1.82) is 0 Å². The van der Waals surface area contributed by atoms with Crippen LogP contribution >= 0.6 is 11.6 Å². The monoisotopic (exact) mass is 154 g/mol. The topological polar surface area (TPSA) is 38.9 Å². The average molecular weight is 155 g/mol. The lowest BCUT2D eigenvalue weighted by Crippen LogP contribution is -1.74. The lowest BCUT2D eigenvalue weighted by atomic mass is 10.4. The van der Waals surface area contributed by atoms with Gasteiger partial charge in [-0.25, -0.2) is 9.97 Å². The maximum atomic E-state index is 5.66. The van der Waals surface area contributed by atoms with Crippen LogP contribution in [0.15, 0.2) is 23.1 Å². The first kappa shape index (κ1) is 5.68. The van der Waals surface area contributed by atoms with Gasteiger partial charge in [0.25, 0.3) is 0 Å². The molecule has 3 nitrogen and oxygen atoms in total. The van der Waals surface area contributed by atoms with Gasteiger partial charge in [0.05, 0.1) is 0 Å². The van der Waals surface area contributed by atoms with Crippen molar-refractivity contribution >= 4 is 22.7 Å². The highest BCUT2D eigenvalue weighted by atomic mass is 35.5. The number of aromatic nitrogens is 2. The smallest absolute Gasteiger partial charge is 0.182 e. The number of rotatable bonds is 0. The summed E-state index contributed by atoms with van der Waals surface area (Å²) in [5, 5.41) is 0.381. The molecule has 0 saturated heterocycles. The van der Waals surface area contributed by atoms with E-state index in [1.54, 1.807) is 12.3 Å². The van der Waals surface area contributed by atoms with Crippen LogP contribution in [0.3, 0.4) is 0 Å². The molecule has 50 valence electrons. The molecule has 0 saturated carbocycles. The van der Waals surface area contributed by atoms with Gasteiger partial charge >= 0.3 is 0 Å². The number of hydrogen-bond acceptors (Lipinski definition) is 3. The maximum Gasteiger partial charge on any atom is 0.182 e. The van der Waals surface area contributed by atoms with Crippen LogP contribution < -0.4 is 0 Å². The van der Waals surface area contributed by atoms with Crippen LogP contribution in [0.2, 0.25) is 5.15 Å². The number of halogens is 1. The van der Waals surface area contributed by atoms with Crippen molar-refractivity contribution in [1.82, 2.24) is 9.97 Å². The molecular formula is C6H3ClN2O. The normalized spacial score (nSPS) is 10.5. The zero-order valence-corrected chi connectivity index (χ0v) is 5.67. The van der Waals surface area contributed by atoms with Gasteiger partial charge in [-0.3, -0.25) is 0 Å². The summed E-state index contributed by atoms with van der Waals surface area (Å²) in [5.74, 6) is 0. The van der Waals surface area contributed by atoms with E-state index in [0.29, 0.717) is 16.3 Å². The summed E-state index contributed by atoms with van der Waals surface area (Å²) in [4.78, 5) is 7.68. The van der Waals surface area contributed by atoms with E-state index in [2.05, 4.69) is 9.97 Å². The summed E-state index contributed by atoms with van der Waals surface area (Å²) in [7, 11) is 0. The van der Waals surface area contributed by atoms with Crippen LogP contribution in [0.25, 0.3) is 11.1 Å². The number of hydrogen-bond donors (Lipinski definition) is 0. The third-order valence-corrected chi connectivity index (χ3v) is 1.48. The molecule has 2 heterocycles. The van der Waals surface area contributed by atoms with E-state index in [-0.39, 0.29) is 0 Å². The summed E-state index contributed by atoms with van der Waals surface area (Å²) in [6.45, 7) is 0. The molecule has 0 N–H and O–H groups in total. The Labute approximate surface area is 61.6 Å². The van der Waals surface area contributed by atoms with Crippen LogP contribution in [0.4, 0.5) is 0 Å². The van der Waals surface area contributed by atoms with Crippen LogP contribution in [0.1, 0.15) is 0 Å². The summed E-state index contributed by atoms with van der Waals surface area (Å²) in [5.41, 5.74) is 1.28. The minimum atomic E-state index is 0.381. The minimum Gasteiger partial charge on any atom is -0.443 e. The van der Waals surface area contributed by atoms with Crippen molar-refractivity contribution in [3.05, 3.63) is 23.8 Å². The van der Waals surface area contributed by atoms with Crippen molar-refractivity contribution in [2.24, 2.45) is 0 Å². The Balaban J connectivity index is 2.95. The van der Waals surface area contributed by atoms with E-state index in [1.165, 1.54) is 6.39 Å². The van der Waals surface area contributed by atoms with Crippen LogP contribution in [-0.4, -0.2) is 9.97 Å². The molecule has 0 aliphatic carbocycles. The molecule has 0 radical (unpaired) electrons. The Morgan fingerprint density at radius 3 is 3.10 bits per heavy atom. The molecule has 0 bridgehead atoms. The van der Waals surface area contributed by atoms with Gasteiger partial charge in [-0.05, 0) is 0 Å². The summed E-state index contributed by atoms with van der Waals surface area (Å²) in [6, 6.07) is 1.72. The molecule has 0 aromatic carbocycles. The van der Waals surface area contributed by atoms with Crippen molar-refractivity contribution in [3.8, 4) is 0 Å². The first-order valence-electron chi connectivity index (χ1n) is 2.71. The van der Waals surface area contributed by atoms with Crippen molar-refractivity contribution in [2.75, 3.05) is 0 Å². The molecule has 0 aliphatic heterocycles. The fraction of sp³-hybridized carbons (Fsp3) is 0. The Hall–Kier alpha value is -1.09. The van der Waals surface area contributed by atoms with Gasteiger partial charge < -0.3 is 4.42 Å². The Bertz CT molecular complexity index is 357. The molecule has 0 atom stereocenters. The highest BCUT2D eigenvalue weighted by molar-refractivity contribution is 6.33. The zero-order chi connectivity index (χ0) is 6.97. The van der Waals surface area contributed by atoms with Gasteiger partial charge in [0.15, 0.2) is 17.1 Å². The van der Waals surface area contributed by atoms with Crippen molar-refractivity contribution < 1.29 is 4.42 Å². The van der Waals surface area contributed by atoms with Gasteiger partial charge in [-0.15, -0.1) is 0 Å². The first-order valence-corrected chi connectivity index (χ1v) is 3.09. The van der Waals surface area contributed by atoms with E-state index in [1.807, 2.05) is 0 Å². The van der Waals surface area contributed by atoms with Crippen LogP contribution in [0.5, 0.6) is 0 Å². The number of fused-ring (bicyclic) bond motifs is 1. The molecule has 2 rings (SSSR count). The molecule has 0 fully saturated rings. The van der Waals surface area contributed by atoms with E-state index in [9.17, 15) is 0 Å². The second kappa shape index (κ2) is 1.95. The number of oxazole rings is 1. The molecule has 4 heteroatoms. The minimum absolute atomic E-state index is 0.381. The molecule has 0 spiro atoms. The summed E-state index contributed by atoms with van der Waals surface area (Å²) < 4.78 is 4.96. The fourth-order valence-electron chi connectivity index (χ4n) is 0.760. The molecule has 2 aromatic heterocycles. The van der Waals surface area contributed by atoms with Gasteiger partial charge in [0, 0.05) is 12.3 Å². The van der Waals surface area contributed by atoms with Crippen molar-refractivity contribution in [3.63, 3.8) is 0 Å². The Morgan fingerprint density at radius 1 is 1.40 bits per heavy atom. The van der Waals surface area contributed by atoms with E-state index >= 15 is 0 Å². The lowest BCUT2D eigenvalue weighted by molar-refractivity contribution is 0.602. The molecule has 0 unspecified atom stereocenters. The fourth-order valence-corrected chi connectivity index (χ4v) is 0.958. The first-order chi connectivity index (χ1) is 4.88. The largest absolute Gasteiger partial charge is 0.443 e. The lowest BCUT2D eigenvalue weighted by Gasteiger charge is -1.85. The SMILES string of the molecule is Clc1nccc2ocnc12. The Morgan fingerprint density at radius 2 is 2.30 bits per heavy atom. The van der Waals surface area contributed by atoms with Gasteiger partial charge in [-0.1, -0.05) is 11.6 Å².